The van der Waals surface area contributed by atoms with Gasteiger partial charge in [-0.05, 0) is 29.5 Å². The van der Waals surface area contributed by atoms with Crippen LogP contribution in [-0.2, 0) is 17.8 Å². The molecule has 118 valence electrons. The van der Waals surface area contributed by atoms with Crippen molar-refractivity contribution in [1.82, 2.24) is 30.5 Å². The summed E-state index contributed by atoms with van der Waals surface area (Å²) in [4.78, 5) is 17.2. The van der Waals surface area contributed by atoms with Crippen LogP contribution in [0, 0.1) is 5.82 Å². The number of nitrogens with one attached hydrogen (secondary N) is 1. The largest absolute Gasteiger partial charge is 0.354 e. The molecular formula is C14H13FN6OS. The first-order valence-corrected chi connectivity index (χ1v) is 7.82. The number of amides is 1. The Kier molecular flexibility index (Phi) is 4.67. The fourth-order valence-electron chi connectivity index (χ4n) is 1.90. The predicted molar refractivity (Wildman–Crippen MR) is 82.0 cm³/mol. The molecule has 3 aromatic rings. The second-order valence-corrected chi connectivity index (χ2v) is 5.45. The van der Waals surface area contributed by atoms with Crippen LogP contribution in [0.2, 0.25) is 0 Å². The van der Waals surface area contributed by atoms with Crippen molar-refractivity contribution in [2.45, 2.75) is 13.0 Å². The summed E-state index contributed by atoms with van der Waals surface area (Å²) >= 11 is 1.52. The minimum atomic E-state index is -0.333. The van der Waals surface area contributed by atoms with Gasteiger partial charge in [0, 0.05) is 23.9 Å². The van der Waals surface area contributed by atoms with Crippen molar-refractivity contribution in [3.63, 3.8) is 0 Å². The number of carbonyl (C=O) groups excluding carboxylic acids is 1. The SMILES string of the molecule is O=C(Cn1nnc(-c2ccc(F)cc2)n1)NCCc1cscn1. The highest BCUT2D eigenvalue weighted by Gasteiger charge is 2.09. The molecule has 0 radical (unpaired) electrons. The van der Waals surface area contributed by atoms with Gasteiger partial charge in [-0.25, -0.2) is 9.37 Å². The lowest BCUT2D eigenvalue weighted by Gasteiger charge is -2.02. The van der Waals surface area contributed by atoms with Crippen LogP contribution in [-0.4, -0.2) is 37.6 Å². The first kappa shape index (κ1) is 15.2. The zero-order chi connectivity index (χ0) is 16.1. The predicted octanol–water partition coefficient (Wildman–Crippen LogP) is 1.29. The lowest BCUT2D eigenvalue weighted by atomic mass is 10.2. The minimum Gasteiger partial charge on any atom is -0.354 e. The normalized spacial score (nSPS) is 10.7. The molecule has 1 N–H and O–H groups in total. The number of rotatable bonds is 6. The molecule has 0 aliphatic rings. The summed E-state index contributed by atoms with van der Waals surface area (Å²) in [6.07, 6.45) is 0.681. The zero-order valence-corrected chi connectivity index (χ0v) is 12.8. The molecule has 0 saturated heterocycles. The fourth-order valence-corrected chi connectivity index (χ4v) is 2.49. The fraction of sp³-hybridized carbons (Fsp3) is 0.214. The Bertz CT molecular complexity index is 771. The number of hydrogen-bond acceptors (Lipinski definition) is 6. The summed E-state index contributed by atoms with van der Waals surface area (Å²) in [5.41, 5.74) is 3.35. The Balaban J connectivity index is 1.52. The molecule has 0 aliphatic carbocycles. The molecule has 0 saturated carbocycles. The first-order valence-electron chi connectivity index (χ1n) is 6.88. The number of benzene rings is 1. The number of aromatic nitrogens is 5. The van der Waals surface area contributed by atoms with Gasteiger partial charge >= 0.3 is 0 Å². The van der Waals surface area contributed by atoms with Gasteiger partial charge in [-0.15, -0.1) is 21.5 Å². The Morgan fingerprint density at radius 3 is 2.87 bits per heavy atom. The summed E-state index contributed by atoms with van der Waals surface area (Å²) in [5, 5.41) is 16.5. The van der Waals surface area contributed by atoms with E-state index in [0.29, 0.717) is 24.4 Å². The Labute approximate surface area is 135 Å². The van der Waals surface area contributed by atoms with Crippen LogP contribution >= 0.6 is 11.3 Å². The Morgan fingerprint density at radius 1 is 1.30 bits per heavy atom. The van der Waals surface area contributed by atoms with Crippen LogP contribution in [0.15, 0.2) is 35.2 Å². The van der Waals surface area contributed by atoms with E-state index in [2.05, 4.69) is 25.7 Å². The third-order valence-electron chi connectivity index (χ3n) is 3.03. The van der Waals surface area contributed by atoms with Crippen molar-refractivity contribution in [3.05, 3.63) is 46.7 Å². The third kappa shape index (κ3) is 4.16. The van der Waals surface area contributed by atoms with Gasteiger partial charge in [-0.2, -0.15) is 4.80 Å². The van der Waals surface area contributed by atoms with Crippen LogP contribution in [0.5, 0.6) is 0 Å². The van der Waals surface area contributed by atoms with E-state index in [1.54, 1.807) is 17.6 Å². The van der Waals surface area contributed by atoms with E-state index in [9.17, 15) is 9.18 Å². The molecule has 7 nitrogen and oxygen atoms in total. The smallest absolute Gasteiger partial charge is 0.243 e. The summed E-state index contributed by atoms with van der Waals surface area (Å²) in [7, 11) is 0. The van der Waals surface area contributed by atoms with E-state index in [1.807, 2.05) is 5.38 Å². The second-order valence-electron chi connectivity index (χ2n) is 4.73. The molecule has 1 aromatic carbocycles. The highest BCUT2D eigenvalue weighted by molar-refractivity contribution is 7.07. The molecule has 2 heterocycles. The van der Waals surface area contributed by atoms with Gasteiger partial charge in [-0.3, -0.25) is 4.79 Å². The molecular weight excluding hydrogens is 319 g/mol. The molecule has 0 atom stereocenters. The number of halogens is 1. The molecule has 0 unspecified atom stereocenters. The average Bonchev–Trinajstić information content (AvgIpc) is 3.20. The van der Waals surface area contributed by atoms with Crippen molar-refractivity contribution < 1.29 is 9.18 Å². The highest BCUT2D eigenvalue weighted by atomic mass is 32.1. The van der Waals surface area contributed by atoms with E-state index < -0.39 is 0 Å². The molecule has 1 amide bonds. The van der Waals surface area contributed by atoms with Crippen LogP contribution < -0.4 is 5.32 Å². The maximum atomic E-state index is 12.9. The second kappa shape index (κ2) is 7.05. The van der Waals surface area contributed by atoms with Crippen molar-refractivity contribution in [2.75, 3.05) is 6.54 Å². The summed E-state index contributed by atoms with van der Waals surface area (Å²) in [5.74, 6) is -0.191. The topological polar surface area (TPSA) is 85.6 Å². The van der Waals surface area contributed by atoms with Gasteiger partial charge < -0.3 is 5.32 Å². The molecule has 0 fully saturated rings. The average molecular weight is 332 g/mol. The van der Waals surface area contributed by atoms with Crippen LogP contribution in [0.1, 0.15) is 5.69 Å². The molecule has 2 aromatic heterocycles. The first-order chi connectivity index (χ1) is 11.2. The quantitative estimate of drug-likeness (QED) is 0.735. The highest BCUT2D eigenvalue weighted by Crippen LogP contribution is 2.13. The van der Waals surface area contributed by atoms with Gasteiger partial charge in [0.2, 0.25) is 11.7 Å². The van der Waals surface area contributed by atoms with Gasteiger partial charge in [0.15, 0.2) is 0 Å². The lowest BCUT2D eigenvalue weighted by molar-refractivity contribution is -0.122. The third-order valence-corrected chi connectivity index (χ3v) is 3.66. The standard InChI is InChI=1S/C14H13FN6OS/c15-11-3-1-10(2-4-11)14-18-20-21(19-14)7-13(22)16-6-5-12-8-23-9-17-12/h1-4,8-9H,5-7H2,(H,16,22). The van der Waals surface area contributed by atoms with E-state index in [1.165, 1.54) is 28.3 Å². The molecule has 3 rings (SSSR count). The zero-order valence-electron chi connectivity index (χ0n) is 12.0. The monoisotopic (exact) mass is 332 g/mol. The summed E-state index contributed by atoms with van der Waals surface area (Å²) in [6.45, 7) is 0.480. The van der Waals surface area contributed by atoms with Crippen molar-refractivity contribution >= 4 is 17.2 Å². The van der Waals surface area contributed by atoms with Gasteiger partial charge in [-0.1, -0.05) is 0 Å². The van der Waals surface area contributed by atoms with Gasteiger partial charge in [0.1, 0.15) is 12.4 Å². The van der Waals surface area contributed by atoms with Gasteiger partial charge in [0.05, 0.1) is 11.2 Å². The van der Waals surface area contributed by atoms with Crippen LogP contribution in [0.3, 0.4) is 0 Å². The number of carbonyl (C=O) groups is 1. The van der Waals surface area contributed by atoms with Crippen molar-refractivity contribution in [2.24, 2.45) is 0 Å². The minimum absolute atomic E-state index is 0.0226. The van der Waals surface area contributed by atoms with E-state index in [4.69, 9.17) is 0 Å². The molecule has 23 heavy (non-hydrogen) atoms. The molecule has 0 spiro atoms. The van der Waals surface area contributed by atoms with Gasteiger partial charge in [0.25, 0.3) is 0 Å². The summed E-state index contributed by atoms with van der Waals surface area (Å²) in [6, 6.07) is 5.76. The summed E-state index contributed by atoms with van der Waals surface area (Å²) < 4.78 is 12.9. The van der Waals surface area contributed by atoms with E-state index in [-0.39, 0.29) is 18.3 Å². The Morgan fingerprint density at radius 2 is 2.13 bits per heavy atom. The van der Waals surface area contributed by atoms with Crippen LogP contribution in [0.4, 0.5) is 4.39 Å². The molecule has 9 heteroatoms. The van der Waals surface area contributed by atoms with Crippen LogP contribution in [0.25, 0.3) is 11.4 Å². The number of thiazole rings is 1. The van der Waals surface area contributed by atoms with E-state index in [0.717, 1.165) is 5.69 Å². The van der Waals surface area contributed by atoms with Crippen molar-refractivity contribution in [3.8, 4) is 11.4 Å². The maximum absolute atomic E-state index is 12.9. The molecule has 0 aliphatic heterocycles. The Hall–Kier alpha value is -2.68. The van der Waals surface area contributed by atoms with Crippen molar-refractivity contribution in [1.29, 1.82) is 0 Å². The molecule has 0 bridgehead atoms. The number of tetrazole rings is 1. The lowest BCUT2D eigenvalue weighted by Crippen LogP contribution is -2.30. The van der Waals surface area contributed by atoms with E-state index >= 15 is 0 Å². The maximum Gasteiger partial charge on any atom is 0.243 e. The number of hydrogen-bond donors (Lipinski definition) is 1. The number of nitrogens with zero attached hydrogens (tertiary/aromatic N) is 5.